The molecule has 0 aliphatic carbocycles. The normalized spacial score (nSPS) is 32.3. The Kier molecular flexibility index (Phi) is 5.89. The van der Waals surface area contributed by atoms with Gasteiger partial charge in [-0.15, -0.1) is 0 Å². The number of hydrogen-bond acceptors (Lipinski definition) is 4. The molecule has 0 saturated carbocycles. The zero-order chi connectivity index (χ0) is 12.8. The van der Waals surface area contributed by atoms with Gasteiger partial charge in [-0.2, -0.15) is 0 Å². The maximum atomic E-state index is 5.51. The highest BCUT2D eigenvalue weighted by Crippen LogP contribution is 2.11. The van der Waals surface area contributed by atoms with E-state index in [1.54, 1.807) is 0 Å². The summed E-state index contributed by atoms with van der Waals surface area (Å²) in [7, 11) is 0. The lowest BCUT2D eigenvalue weighted by Gasteiger charge is -2.35. The van der Waals surface area contributed by atoms with Crippen LogP contribution in [0.2, 0.25) is 0 Å². The number of hydrogen-bond donors (Lipinski definition) is 2. The minimum atomic E-state index is 0.534. The number of nitrogens with zero attached hydrogens (tertiary/aromatic N) is 1. The third-order valence-corrected chi connectivity index (χ3v) is 4.11. The minimum Gasteiger partial charge on any atom is -0.379 e. The summed E-state index contributed by atoms with van der Waals surface area (Å²) in [5.41, 5.74) is 0. The van der Waals surface area contributed by atoms with Crippen molar-refractivity contribution in [1.82, 2.24) is 15.5 Å². The van der Waals surface area contributed by atoms with Crippen LogP contribution in [0, 0.1) is 0 Å². The Hall–Kier alpha value is -0.160. The maximum absolute atomic E-state index is 5.51. The second-order valence-corrected chi connectivity index (χ2v) is 5.76. The summed E-state index contributed by atoms with van der Waals surface area (Å²) < 4.78 is 5.51. The van der Waals surface area contributed by atoms with Crippen molar-refractivity contribution in [2.75, 3.05) is 39.4 Å². The van der Waals surface area contributed by atoms with Gasteiger partial charge < -0.3 is 20.3 Å². The molecule has 2 saturated heterocycles. The topological polar surface area (TPSA) is 36.5 Å². The summed E-state index contributed by atoms with van der Waals surface area (Å²) in [4.78, 5) is 2.55. The van der Waals surface area contributed by atoms with Gasteiger partial charge in [0.05, 0.1) is 13.2 Å². The largest absolute Gasteiger partial charge is 0.379 e. The number of morpholine rings is 1. The van der Waals surface area contributed by atoms with Crippen molar-refractivity contribution in [2.45, 2.75) is 51.2 Å². The lowest BCUT2D eigenvalue weighted by atomic mass is 10.0. The van der Waals surface area contributed by atoms with E-state index in [0.717, 1.165) is 19.8 Å². The van der Waals surface area contributed by atoms with Crippen LogP contribution < -0.4 is 10.6 Å². The molecule has 2 N–H and O–H groups in total. The number of likely N-dealkylation sites (N-methyl/N-ethyl adjacent to an activating group) is 1. The van der Waals surface area contributed by atoms with Crippen molar-refractivity contribution in [3.8, 4) is 0 Å². The van der Waals surface area contributed by atoms with Gasteiger partial charge in [0.2, 0.25) is 0 Å². The lowest BCUT2D eigenvalue weighted by Crippen LogP contribution is -2.51. The predicted octanol–water partition coefficient (Wildman–Crippen LogP) is 0.827. The first-order valence-electron chi connectivity index (χ1n) is 7.57. The second kappa shape index (κ2) is 7.43. The van der Waals surface area contributed by atoms with Crippen LogP contribution in [0.25, 0.3) is 0 Å². The Labute approximate surface area is 111 Å². The van der Waals surface area contributed by atoms with Crippen molar-refractivity contribution in [3.05, 3.63) is 0 Å². The third kappa shape index (κ3) is 4.50. The molecule has 0 amide bonds. The summed E-state index contributed by atoms with van der Waals surface area (Å²) in [6.07, 6.45) is 3.83. The Balaban J connectivity index is 1.67. The zero-order valence-corrected chi connectivity index (χ0v) is 12.0. The number of nitrogens with one attached hydrogen (secondary N) is 2. The average molecular weight is 255 g/mol. The van der Waals surface area contributed by atoms with Crippen molar-refractivity contribution < 1.29 is 4.74 Å². The van der Waals surface area contributed by atoms with Crippen molar-refractivity contribution in [1.29, 1.82) is 0 Å². The molecule has 4 heteroatoms. The molecule has 3 unspecified atom stereocenters. The Morgan fingerprint density at radius 3 is 3.11 bits per heavy atom. The number of piperidine rings is 1. The molecule has 0 spiro atoms. The number of ether oxygens (including phenoxy) is 1. The standard InChI is InChI=1S/C14H29N3O/c1-3-17-7-4-5-13(10-17)16-12(2)9-14-11-18-8-6-15-14/h12-16H,3-11H2,1-2H3. The van der Waals surface area contributed by atoms with Gasteiger partial charge in [-0.3, -0.25) is 0 Å². The maximum Gasteiger partial charge on any atom is 0.0620 e. The average Bonchev–Trinajstić information content (AvgIpc) is 2.40. The van der Waals surface area contributed by atoms with E-state index in [1.165, 1.54) is 38.9 Å². The van der Waals surface area contributed by atoms with E-state index in [-0.39, 0.29) is 0 Å². The summed E-state index contributed by atoms with van der Waals surface area (Å²) in [6.45, 7) is 11.0. The fourth-order valence-corrected chi connectivity index (χ4v) is 3.15. The molecule has 2 aliphatic rings. The number of likely N-dealkylation sites (tertiary alicyclic amines) is 1. The molecule has 0 aromatic rings. The highest BCUT2D eigenvalue weighted by atomic mass is 16.5. The molecule has 2 heterocycles. The predicted molar refractivity (Wildman–Crippen MR) is 75.0 cm³/mol. The van der Waals surface area contributed by atoms with Crippen LogP contribution >= 0.6 is 0 Å². The Bertz CT molecular complexity index is 231. The van der Waals surface area contributed by atoms with Crippen LogP contribution in [0.15, 0.2) is 0 Å². The highest BCUT2D eigenvalue weighted by Gasteiger charge is 2.22. The molecule has 2 rings (SSSR count). The fraction of sp³-hybridized carbons (Fsp3) is 1.00. The van der Waals surface area contributed by atoms with E-state index in [2.05, 4.69) is 29.4 Å². The van der Waals surface area contributed by atoms with E-state index in [1.807, 2.05) is 0 Å². The van der Waals surface area contributed by atoms with Crippen LogP contribution in [-0.4, -0.2) is 62.4 Å². The van der Waals surface area contributed by atoms with E-state index in [4.69, 9.17) is 4.74 Å². The summed E-state index contributed by atoms with van der Waals surface area (Å²) in [5, 5.41) is 7.32. The monoisotopic (exact) mass is 255 g/mol. The summed E-state index contributed by atoms with van der Waals surface area (Å²) >= 11 is 0. The SMILES string of the molecule is CCN1CCCC(NC(C)CC2COCCN2)C1. The van der Waals surface area contributed by atoms with Crippen LogP contribution in [-0.2, 0) is 4.74 Å². The summed E-state index contributed by atoms with van der Waals surface area (Å²) in [5.74, 6) is 0. The summed E-state index contributed by atoms with van der Waals surface area (Å²) in [6, 6.07) is 1.79. The molecule has 0 radical (unpaired) electrons. The molecule has 3 atom stereocenters. The quantitative estimate of drug-likeness (QED) is 0.763. The van der Waals surface area contributed by atoms with Crippen LogP contribution in [0.4, 0.5) is 0 Å². The molecule has 0 aromatic heterocycles. The van der Waals surface area contributed by atoms with Gasteiger partial charge in [0, 0.05) is 31.2 Å². The molecule has 106 valence electrons. The molecular weight excluding hydrogens is 226 g/mol. The zero-order valence-electron chi connectivity index (χ0n) is 12.0. The molecule has 18 heavy (non-hydrogen) atoms. The van der Waals surface area contributed by atoms with Gasteiger partial charge in [-0.1, -0.05) is 6.92 Å². The second-order valence-electron chi connectivity index (χ2n) is 5.76. The molecule has 2 aliphatic heterocycles. The van der Waals surface area contributed by atoms with Gasteiger partial charge in [-0.05, 0) is 39.3 Å². The molecule has 2 fully saturated rings. The van der Waals surface area contributed by atoms with Crippen LogP contribution in [0.1, 0.15) is 33.1 Å². The van der Waals surface area contributed by atoms with Crippen molar-refractivity contribution in [3.63, 3.8) is 0 Å². The van der Waals surface area contributed by atoms with Crippen molar-refractivity contribution >= 4 is 0 Å². The van der Waals surface area contributed by atoms with E-state index >= 15 is 0 Å². The van der Waals surface area contributed by atoms with E-state index in [0.29, 0.717) is 18.1 Å². The Morgan fingerprint density at radius 1 is 1.50 bits per heavy atom. The van der Waals surface area contributed by atoms with Crippen molar-refractivity contribution in [2.24, 2.45) is 0 Å². The van der Waals surface area contributed by atoms with Gasteiger partial charge in [0.15, 0.2) is 0 Å². The smallest absolute Gasteiger partial charge is 0.0620 e. The first-order valence-corrected chi connectivity index (χ1v) is 7.57. The fourth-order valence-electron chi connectivity index (χ4n) is 3.15. The molecule has 4 nitrogen and oxygen atoms in total. The Morgan fingerprint density at radius 2 is 2.39 bits per heavy atom. The molecular formula is C14H29N3O. The van der Waals surface area contributed by atoms with E-state index < -0.39 is 0 Å². The van der Waals surface area contributed by atoms with Gasteiger partial charge >= 0.3 is 0 Å². The first kappa shape index (κ1) is 14.3. The van der Waals surface area contributed by atoms with Gasteiger partial charge in [0.25, 0.3) is 0 Å². The minimum absolute atomic E-state index is 0.534. The van der Waals surface area contributed by atoms with E-state index in [9.17, 15) is 0 Å². The molecule has 0 bridgehead atoms. The highest BCUT2D eigenvalue weighted by molar-refractivity contribution is 4.82. The van der Waals surface area contributed by atoms with Gasteiger partial charge in [-0.25, -0.2) is 0 Å². The first-order chi connectivity index (χ1) is 8.78. The van der Waals surface area contributed by atoms with Gasteiger partial charge in [0.1, 0.15) is 0 Å². The van der Waals surface area contributed by atoms with Crippen LogP contribution in [0.3, 0.4) is 0 Å². The van der Waals surface area contributed by atoms with Crippen LogP contribution in [0.5, 0.6) is 0 Å². The lowest BCUT2D eigenvalue weighted by molar-refractivity contribution is 0.0699. The molecule has 0 aromatic carbocycles. The third-order valence-electron chi connectivity index (χ3n) is 4.11. The number of rotatable bonds is 5.